The molecule has 19 heavy (non-hydrogen) atoms. The van der Waals surface area contributed by atoms with E-state index < -0.39 is 0 Å². The molecule has 0 radical (unpaired) electrons. The van der Waals surface area contributed by atoms with Crippen LogP contribution in [0.5, 0.6) is 0 Å². The van der Waals surface area contributed by atoms with Crippen LogP contribution in [-0.4, -0.2) is 5.84 Å². The Kier molecular flexibility index (Phi) is 3.85. The average Bonchev–Trinajstić information content (AvgIpc) is 2.32. The largest absolute Gasteiger partial charge is 0.398 e. The molecule has 5 N–H and O–H groups in total. The zero-order chi connectivity index (χ0) is 14.0. The van der Waals surface area contributed by atoms with E-state index in [9.17, 15) is 4.39 Å². The van der Waals surface area contributed by atoms with Gasteiger partial charge in [-0.3, -0.25) is 5.41 Å². The van der Waals surface area contributed by atoms with Gasteiger partial charge in [0.2, 0.25) is 0 Å². The van der Waals surface area contributed by atoms with Gasteiger partial charge in [-0.15, -0.1) is 0 Å². The molecule has 0 saturated heterocycles. The van der Waals surface area contributed by atoms with Crippen LogP contribution in [0.1, 0.15) is 16.7 Å². The lowest BCUT2D eigenvalue weighted by atomic mass is 10.0. The maximum atomic E-state index is 13.2. The van der Waals surface area contributed by atoms with Crippen molar-refractivity contribution in [1.29, 1.82) is 5.41 Å². The number of benzene rings is 2. The lowest BCUT2D eigenvalue weighted by Gasteiger charge is -2.10. The first kappa shape index (κ1) is 13.5. The minimum Gasteiger partial charge on any atom is -0.398 e. The molecule has 0 fully saturated rings. The van der Waals surface area contributed by atoms with E-state index in [1.165, 1.54) is 12.1 Å². The molecule has 0 bridgehead atoms. The van der Waals surface area contributed by atoms with Gasteiger partial charge in [-0.2, -0.15) is 0 Å². The van der Waals surface area contributed by atoms with E-state index in [4.69, 9.17) is 16.9 Å². The van der Waals surface area contributed by atoms with Crippen molar-refractivity contribution in [3.05, 3.63) is 63.4 Å². The number of hydrogen-bond donors (Lipinski definition) is 3. The van der Waals surface area contributed by atoms with Crippen molar-refractivity contribution in [3.63, 3.8) is 0 Å². The van der Waals surface area contributed by atoms with E-state index in [-0.39, 0.29) is 11.7 Å². The summed E-state index contributed by atoms with van der Waals surface area (Å²) in [5.41, 5.74) is 14.0. The number of anilines is 1. The normalized spacial score (nSPS) is 10.4. The van der Waals surface area contributed by atoms with Gasteiger partial charge >= 0.3 is 0 Å². The molecule has 0 aromatic heterocycles. The highest BCUT2D eigenvalue weighted by atomic mass is 79.9. The lowest BCUT2D eigenvalue weighted by molar-refractivity contribution is 0.626. The third-order valence-electron chi connectivity index (χ3n) is 2.79. The van der Waals surface area contributed by atoms with Crippen LogP contribution in [-0.2, 0) is 6.42 Å². The second-order valence-electron chi connectivity index (χ2n) is 4.25. The van der Waals surface area contributed by atoms with Crippen LogP contribution in [0.4, 0.5) is 10.1 Å². The molecular weight excluding hydrogens is 309 g/mol. The summed E-state index contributed by atoms with van der Waals surface area (Å²) in [6.07, 6.45) is 0.541. The molecule has 3 nitrogen and oxygen atoms in total. The monoisotopic (exact) mass is 321 g/mol. The number of amidine groups is 1. The summed E-state index contributed by atoms with van der Waals surface area (Å²) < 4.78 is 14.0. The van der Waals surface area contributed by atoms with Crippen LogP contribution in [0.3, 0.4) is 0 Å². The van der Waals surface area contributed by atoms with Gasteiger partial charge in [0.05, 0.1) is 0 Å². The maximum absolute atomic E-state index is 13.2. The van der Waals surface area contributed by atoms with Gasteiger partial charge in [-0.25, -0.2) is 4.39 Å². The molecule has 2 rings (SSSR count). The van der Waals surface area contributed by atoms with E-state index in [1.54, 1.807) is 18.2 Å². The smallest absolute Gasteiger partial charge is 0.124 e. The quantitative estimate of drug-likeness (QED) is 0.461. The predicted molar refractivity (Wildman–Crippen MR) is 78.8 cm³/mol. The lowest BCUT2D eigenvalue weighted by Crippen LogP contribution is -2.14. The summed E-state index contributed by atoms with van der Waals surface area (Å²) in [7, 11) is 0. The van der Waals surface area contributed by atoms with Gasteiger partial charge < -0.3 is 11.5 Å². The van der Waals surface area contributed by atoms with Gasteiger partial charge in [0.25, 0.3) is 0 Å². The van der Waals surface area contributed by atoms with Crippen LogP contribution < -0.4 is 11.5 Å². The summed E-state index contributed by atoms with van der Waals surface area (Å²) in [6, 6.07) is 9.87. The summed E-state index contributed by atoms with van der Waals surface area (Å²) in [5.74, 6) is -0.346. The molecule has 0 aliphatic heterocycles. The van der Waals surface area contributed by atoms with Gasteiger partial charge in [-0.1, -0.05) is 28.1 Å². The summed E-state index contributed by atoms with van der Waals surface area (Å²) in [5, 5.41) is 7.48. The zero-order valence-electron chi connectivity index (χ0n) is 10.1. The Morgan fingerprint density at radius 3 is 2.63 bits per heavy atom. The van der Waals surface area contributed by atoms with Crippen LogP contribution in [0.15, 0.2) is 40.9 Å². The third-order valence-corrected chi connectivity index (χ3v) is 3.53. The summed E-state index contributed by atoms with van der Waals surface area (Å²) in [6.45, 7) is 0. The summed E-state index contributed by atoms with van der Waals surface area (Å²) in [4.78, 5) is 0. The molecule has 2 aromatic carbocycles. The number of nitrogen functional groups attached to an aromatic ring is 2. The second kappa shape index (κ2) is 5.40. The number of nitrogens with one attached hydrogen (secondary N) is 1. The molecule has 0 amide bonds. The fourth-order valence-electron chi connectivity index (χ4n) is 1.87. The Balaban J connectivity index is 2.40. The molecule has 0 unspecified atom stereocenters. The molecule has 0 heterocycles. The second-order valence-corrected chi connectivity index (χ2v) is 5.11. The van der Waals surface area contributed by atoms with Gasteiger partial charge in [0.15, 0.2) is 0 Å². The fourth-order valence-corrected chi connectivity index (χ4v) is 2.37. The first-order valence-electron chi connectivity index (χ1n) is 5.64. The van der Waals surface area contributed by atoms with Crippen LogP contribution in [0, 0.1) is 11.2 Å². The van der Waals surface area contributed by atoms with E-state index in [1.807, 2.05) is 6.07 Å². The number of nitrogens with two attached hydrogens (primary N) is 2. The van der Waals surface area contributed by atoms with Crippen molar-refractivity contribution in [3.8, 4) is 0 Å². The van der Waals surface area contributed by atoms with Crippen molar-refractivity contribution in [1.82, 2.24) is 0 Å². The SMILES string of the molecule is N=C(N)c1cc(Cc2cccc(F)c2)c(Br)cc1N. The molecular formula is C14H13BrFN3. The highest BCUT2D eigenvalue weighted by Gasteiger charge is 2.09. The van der Waals surface area contributed by atoms with Crippen LogP contribution >= 0.6 is 15.9 Å². The maximum Gasteiger partial charge on any atom is 0.124 e. The third kappa shape index (κ3) is 3.12. The Morgan fingerprint density at radius 2 is 2.00 bits per heavy atom. The Morgan fingerprint density at radius 1 is 1.26 bits per heavy atom. The Labute approximate surface area is 119 Å². The van der Waals surface area contributed by atoms with Gasteiger partial charge in [0.1, 0.15) is 11.7 Å². The van der Waals surface area contributed by atoms with Crippen LogP contribution in [0.2, 0.25) is 0 Å². The van der Waals surface area contributed by atoms with E-state index in [0.29, 0.717) is 17.7 Å². The van der Waals surface area contributed by atoms with Crippen molar-refractivity contribution < 1.29 is 4.39 Å². The molecule has 0 atom stereocenters. The Bertz CT molecular complexity index is 641. The number of hydrogen-bond acceptors (Lipinski definition) is 2. The minimum atomic E-state index is -0.268. The first-order chi connectivity index (χ1) is 8.97. The topological polar surface area (TPSA) is 75.9 Å². The molecule has 0 aliphatic rings. The van der Waals surface area contributed by atoms with Crippen molar-refractivity contribution in [2.24, 2.45) is 5.73 Å². The highest BCUT2D eigenvalue weighted by Crippen LogP contribution is 2.26. The van der Waals surface area contributed by atoms with Crippen LogP contribution in [0.25, 0.3) is 0 Å². The minimum absolute atomic E-state index is 0.0782. The fraction of sp³-hybridized carbons (Fsp3) is 0.0714. The van der Waals surface area contributed by atoms with Gasteiger partial charge in [-0.05, 0) is 41.8 Å². The van der Waals surface area contributed by atoms with Crippen molar-refractivity contribution in [2.75, 3.05) is 5.73 Å². The molecule has 5 heteroatoms. The Hall–Kier alpha value is -1.88. The predicted octanol–water partition coefficient (Wildman–Crippen LogP) is 3.05. The standard InChI is InChI=1S/C14H13BrFN3/c15-12-7-13(17)11(14(18)19)6-9(12)4-8-2-1-3-10(16)5-8/h1-3,5-7H,4,17H2,(H3,18,19). The molecule has 0 saturated carbocycles. The van der Waals surface area contributed by atoms with Gasteiger partial charge in [0, 0.05) is 15.7 Å². The van der Waals surface area contributed by atoms with Crippen molar-refractivity contribution in [2.45, 2.75) is 6.42 Å². The van der Waals surface area contributed by atoms with E-state index >= 15 is 0 Å². The molecule has 0 spiro atoms. The summed E-state index contributed by atoms with van der Waals surface area (Å²) >= 11 is 3.42. The number of rotatable bonds is 3. The average molecular weight is 322 g/mol. The molecule has 2 aromatic rings. The van der Waals surface area contributed by atoms with E-state index in [0.717, 1.165) is 15.6 Å². The highest BCUT2D eigenvalue weighted by molar-refractivity contribution is 9.10. The zero-order valence-corrected chi connectivity index (χ0v) is 11.7. The van der Waals surface area contributed by atoms with E-state index in [2.05, 4.69) is 15.9 Å². The number of halogens is 2. The van der Waals surface area contributed by atoms with Crippen molar-refractivity contribution >= 4 is 27.5 Å². The molecule has 0 aliphatic carbocycles. The molecule has 98 valence electrons. The first-order valence-corrected chi connectivity index (χ1v) is 6.43.